The summed E-state index contributed by atoms with van der Waals surface area (Å²) < 4.78 is 0.961. The number of hydrogen-bond donors (Lipinski definition) is 0. The van der Waals surface area contributed by atoms with E-state index in [1.807, 2.05) is 36.4 Å². The van der Waals surface area contributed by atoms with Crippen LogP contribution in [-0.2, 0) is 4.79 Å². The molecule has 0 spiro atoms. The van der Waals surface area contributed by atoms with Gasteiger partial charge in [-0.05, 0) is 42.9 Å². The van der Waals surface area contributed by atoms with E-state index in [2.05, 4.69) is 23.7 Å². The summed E-state index contributed by atoms with van der Waals surface area (Å²) in [5.41, 5.74) is 1.53. The molecular formula is C22H24Cl3N3OS. The molecule has 0 aliphatic heterocycles. The van der Waals surface area contributed by atoms with Crippen molar-refractivity contribution in [2.75, 3.05) is 31.1 Å². The predicted octanol–water partition coefficient (Wildman–Crippen LogP) is 6.41. The highest BCUT2D eigenvalue weighted by Gasteiger charge is 2.19. The molecule has 0 saturated carbocycles. The van der Waals surface area contributed by atoms with E-state index in [0.717, 1.165) is 35.4 Å². The third kappa shape index (κ3) is 5.96. The minimum Gasteiger partial charge on any atom is -0.302 e. The maximum Gasteiger partial charge on any atom is 0.252 e. The van der Waals surface area contributed by atoms with Crippen LogP contribution in [0.4, 0.5) is 5.13 Å². The van der Waals surface area contributed by atoms with Crippen LogP contribution >= 0.6 is 46.9 Å². The second-order valence-electron chi connectivity index (χ2n) is 6.45. The summed E-state index contributed by atoms with van der Waals surface area (Å²) >= 11 is 14.0. The highest BCUT2D eigenvalue weighted by Crippen LogP contribution is 2.33. The quantitative estimate of drug-likeness (QED) is 0.346. The topological polar surface area (TPSA) is 36.4 Å². The summed E-state index contributed by atoms with van der Waals surface area (Å²) in [7, 11) is 0. The normalized spacial score (nSPS) is 11.2. The lowest BCUT2D eigenvalue weighted by molar-refractivity contribution is -0.114. The van der Waals surface area contributed by atoms with Gasteiger partial charge in [0.2, 0.25) is 0 Å². The first-order valence-electron chi connectivity index (χ1n) is 9.55. The lowest BCUT2D eigenvalue weighted by Crippen LogP contribution is -2.38. The fourth-order valence-electron chi connectivity index (χ4n) is 2.96. The van der Waals surface area contributed by atoms with Gasteiger partial charge in [-0.15, -0.1) is 12.4 Å². The second-order valence-corrected chi connectivity index (χ2v) is 8.28. The summed E-state index contributed by atoms with van der Waals surface area (Å²) in [6.07, 6.45) is 3.30. The number of benzene rings is 2. The number of carbonyl (C=O) groups is 1. The molecule has 0 bridgehead atoms. The molecule has 0 fully saturated rings. The van der Waals surface area contributed by atoms with Crippen molar-refractivity contribution in [3.8, 4) is 0 Å². The zero-order valence-corrected chi connectivity index (χ0v) is 20.0. The molecule has 0 radical (unpaired) electrons. The third-order valence-corrected chi connectivity index (χ3v) is 6.39. The first kappa shape index (κ1) is 24.6. The van der Waals surface area contributed by atoms with Gasteiger partial charge in [0.1, 0.15) is 5.52 Å². The number of para-hydroxylation sites is 1. The second kappa shape index (κ2) is 11.7. The third-order valence-electron chi connectivity index (χ3n) is 4.70. The first-order valence-corrected chi connectivity index (χ1v) is 11.1. The zero-order chi connectivity index (χ0) is 20.8. The number of carbonyl (C=O) groups excluding carboxylic acids is 1. The molecule has 0 N–H and O–H groups in total. The highest BCUT2D eigenvalue weighted by molar-refractivity contribution is 7.22. The molecule has 1 aromatic heterocycles. The fourth-order valence-corrected chi connectivity index (χ4v) is 4.46. The summed E-state index contributed by atoms with van der Waals surface area (Å²) in [5, 5.41) is 1.85. The molecule has 4 nitrogen and oxygen atoms in total. The van der Waals surface area contributed by atoms with Crippen molar-refractivity contribution >= 4 is 74.3 Å². The molecule has 0 aliphatic carbocycles. The SMILES string of the molecule is CCN(CC)CCN(C(=O)C=Cc1ccccc1Cl)c1nc2c(Cl)cccc2s1.Cl. The molecule has 3 aromatic rings. The average molecular weight is 485 g/mol. The number of rotatable bonds is 8. The lowest BCUT2D eigenvalue weighted by atomic mass is 10.2. The van der Waals surface area contributed by atoms with Crippen molar-refractivity contribution in [2.24, 2.45) is 0 Å². The number of hydrogen-bond acceptors (Lipinski definition) is 4. The maximum atomic E-state index is 13.1. The highest BCUT2D eigenvalue weighted by atomic mass is 35.5. The lowest BCUT2D eigenvalue weighted by Gasteiger charge is -2.23. The summed E-state index contributed by atoms with van der Waals surface area (Å²) in [6.45, 7) is 7.40. The fraction of sp³-hybridized carbons (Fsp3) is 0.273. The van der Waals surface area contributed by atoms with Crippen LogP contribution in [0.5, 0.6) is 0 Å². The van der Waals surface area contributed by atoms with Crippen molar-refractivity contribution in [1.82, 2.24) is 9.88 Å². The Hall–Kier alpha value is -1.63. The largest absolute Gasteiger partial charge is 0.302 e. The number of amides is 1. The molecule has 0 atom stereocenters. The van der Waals surface area contributed by atoms with E-state index in [1.54, 1.807) is 23.1 Å². The van der Waals surface area contributed by atoms with Gasteiger partial charge in [-0.25, -0.2) is 4.98 Å². The number of nitrogens with zero attached hydrogens (tertiary/aromatic N) is 3. The number of aromatic nitrogens is 1. The minimum absolute atomic E-state index is 0. The smallest absolute Gasteiger partial charge is 0.252 e. The van der Waals surface area contributed by atoms with E-state index in [0.29, 0.717) is 21.7 Å². The van der Waals surface area contributed by atoms with Crippen LogP contribution in [0.25, 0.3) is 16.3 Å². The van der Waals surface area contributed by atoms with E-state index in [1.165, 1.54) is 11.3 Å². The van der Waals surface area contributed by atoms with Gasteiger partial charge in [-0.3, -0.25) is 9.69 Å². The zero-order valence-electron chi connectivity index (χ0n) is 16.8. The molecule has 1 amide bonds. The molecule has 3 rings (SSSR count). The monoisotopic (exact) mass is 483 g/mol. The number of halogens is 3. The molecule has 2 aromatic carbocycles. The van der Waals surface area contributed by atoms with E-state index >= 15 is 0 Å². The maximum absolute atomic E-state index is 13.1. The van der Waals surface area contributed by atoms with Crippen LogP contribution < -0.4 is 4.90 Å². The van der Waals surface area contributed by atoms with Gasteiger partial charge in [-0.2, -0.15) is 0 Å². The van der Waals surface area contributed by atoms with Gasteiger partial charge in [-0.1, -0.05) is 72.7 Å². The van der Waals surface area contributed by atoms with Gasteiger partial charge in [0, 0.05) is 24.2 Å². The molecule has 160 valence electrons. The van der Waals surface area contributed by atoms with Crippen LogP contribution in [0.1, 0.15) is 19.4 Å². The van der Waals surface area contributed by atoms with Crippen LogP contribution in [0.2, 0.25) is 10.0 Å². The van der Waals surface area contributed by atoms with Gasteiger partial charge in [0.05, 0.1) is 9.72 Å². The van der Waals surface area contributed by atoms with Crippen molar-refractivity contribution in [1.29, 1.82) is 0 Å². The molecule has 0 unspecified atom stereocenters. The van der Waals surface area contributed by atoms with E-state index < -0.39 is 0 Å². The first-order chi connectivity index (χ1) is 14.0. The Bertz CT molecular complexity index is 1020. The Labute approximate surface area is 197 Å². The van der Waals surface area contributed by atoms with Gasteiger partial charge < -0.3 is 4.90 Å². The van der Waals surface area contributed by atoms with Crippen LogP contribution in [-0.4, -0.2) is 42.0 Å². The predicted molar refractivity (Wildman–Crippen MR) is 133 cm³/mol. The summed E-state index contributed by atoms with van der Waals surface area (Å²) in [4.78, 5) is 21.7. The van der Waals surface area contributed by atoms with Gasteiger partial charge >= 0.3 is 0 Å². The van der Waals surface area contributed by atoms with Crippen molar-refractivity contribution < 1.29 is 4.79 Å². The van der Waals surface area contributed by atoms with Crippen LogP contribution in [0.15, 0.2) is 48.5 Å². The Morgan fingerprint density at radius 2 is 1.73 bits per heavy atom. The standard InChI is InChI=1S/C22H23Cl2N3OS.ClH/c1-3-26(4-2)14-15-27(20(28)13-12-16-8-5-6-9-17(16)23)22-25-21-18(24)10-7-11-19(21)29-22;/h5-13H,3-4,14-15H2,1-2H3;1H. The minimum atomic E-state index is -0.132. The van der Waals surface area contributed by atoms with Crippen molar-refractivity contribution in [3.63, 3.8) is 0 Å². The number of thiazole rings is 1. The average Bonchev–Trinajstić information content (AvgIpc) is 3.16. The Balaban J connectivity index is 0.00000320. The Morgan fingerprint density at radius 3 is 2.40 bits per heavy atom. The van der Waals surface area contributed by atoms with E-state index in [9.17, 15) is 4.79 Å². The number of fused-ring (bicyclic) bond motifs is 1. The van der Waals surface area contributed by atoms with Gasteiger partial charge in [0.25, 0.3) is 5.91 Å². The Morgan fingerprint density at radius 1 is 1.03 bits per heavy atom. The van der Waals surface area contributed by atoms with Crippen LogP contribution in [0, 0.1) is 0 Å². The molecule has 0 saturated heterocycles. The van der Waals surface area contributed by atoms with E-state index in [4.69, 9.17) is 23.2 Å². The van der Waals surface area contributed by atoms with Crippen molar-refractivity contribution in [3.05, 3.63) is 64.1 Å². The molecular weight excluding hydrogens is 461 g/mol. The molecule has 30 heavy (non-hydrogen) atoms. The molecule has 8 heteroatoms. The van der Waals surface area contributed by atoms with E-state index in [-0.39, 0.29) is 18.3 Å². The van der Waals surface area contributed by atoms with Crippen LogP contribution in [0.3, 0.4) is 0 Å². The van der Waals surface area contributed by atoms with Gasteiger partial charge in [0.15, 0.2) is 5.13 Å². The van der Waals surface area contributed by atoms with Crippen molar-refractivity contribution in [2.45, 2.75) is 13.8 Å². The number of likely N-dealkylation sites (N-methyl/N-ethyl adjacent to an activating group) is 1. The summed E-state index contributed by atoms with van der Waals surface area (Å²) in [6, 6.07) is 13.1. The molecule has 0 aliphatic rings. The summed E-state index contributed by atoms with van der Waals surface area (Å²) in [5.74, 6) is -0.132. The molecule has 1 heterocycles. The number of anilines is 1. The Kier molecular flexibility index (Phi) is 9.59.